The van der Waals surface area contributed by atoms with Crippen molar-refractivity contribution >= 4 is 11.8 Å². The summed E-state index contributed by atoms with van der Waals surface area (Å²) in [6.07, 6.45) is 27.2. The maximum Gasteiger partial charge on any atom is 0.313 e. The highest BCUT2D eigenvalue weighted by molar-refractivity contribution is 5.95. The number of hydrogen-bond acceptors (Lipinski definition) is 3. The minimum atomic E-state index is -0.280. The van der Waals surface area contributed by atoms with Gasteiger partial charge in [-0.3, -0.25) is 9.59 Å². The van der Waals surface area contributed by atoms with E-state index < -0.39 is 0 Å². The molecule has 0 aromatic carbocycles. The third-order valence-corrected chi connectivity index (χ3v) is 17.1. The van der Waals surface area contributed by atoms with Gasteiger partial charge in [0, 0.05) is 11.8 Å². The largest absolute Gasteiger partial charge is 0.461 e. The van der Waals surface area contributed by atoms with Crippen LogP contribution in [0.4, 0.5) is 0 Å². The van der Waals surface area contributed by atoms with Crippen LogP contribution >= 0.6 is 0 Å². The van der Waals surface area contributed by atoms with Crippen LogP contribution in [0.5, 0.6) is 0 Å². The highest BCUT2D eigenvalue weighted by atomic mass is 16.5. The van der Waals surface area contributed by atoms with Crippen molar-refractivity contribution in [1.29, 1.82) is 0 Å². The Morgan fingerprint density at radius 2 is 1.31 bits per heavy atom. The van der Waals surface area contributed by atoms with Gasteiger partial charge in [0.25, 0.3) is 0 Å². The normalized spacial score (nSPS) is 40.8. The number of ketones is 1. The lowest BCUT2D eigenvalue weighted by atomic mass is 9.32. The van der Waals surface area contributed by atoms with Crippen LogP contribution in [-0.4, -0.2) is 17.9 Å². The van der Waals surface area contributed by atoms with E-state index in [0.29, 0.717) is 34.5 Å². The Bertz CT molecular complexity index is 1170. The molecule has 0 aromatic rings. The Morgan fingerprint density at radius 3 is 1.94 bits per heavy atom. The van der Waals surface area contributed by atoms with E-state index in [9.17, 15) is 9.59 Å². The summed E-state index contributed by atoms with van der Waals surface area (Å²) in [4.78, 5) is 25.9. The van der Waals surface area contributed by atoms with E-state index in [0.717, 1.165) is 43.4 Å². The molecule has 5 rings (SSSR count). The minimum Gasteiger partial charge on any atom is -0.461 e. The van der Waals surface area contributed by atoms with Crippen LogP contribution in [0.2, 0.25) is 0 Å². The zero-order valence-corrected chi connectivity index (χ0v) is 33.7. The highest BCUT2D eigenvalue weighted by Gasteiger charge is 2.70. The molecule has 5 aliphatic rings. The smallest absolute Gasteiger partial charge is 0.313 e. The molecule has 0 unspecified atom stereocenters. The molecule has 3 heteroatoms. The highest BCUT2D eigenvalue weighted by Crippen LogP contribution is 2.77. The second-order valence-corrected chi connectivity index (χ2v) is 20.2. The second-order valence-electron chi connectivity index (χ2n) is 20.2. The van der Waals surface area contributed by atoms with Gasteiger partial charge in [-0.2, -0.15) is 0 Å². The van der Waals surface area contributed by atoms with Crippen molar-refractivity contribution in [3.8, 4) is 0 Å². The fraction of sp³-hybridized carbons (Fsp3) is 0.913. The van der Waals surface area contributed by atoms with Crippen LogP contribution in [-0.2, 0) is 14.3 Å². The Labute approximate surface area is 303 Å². The molecule has 0 radical (unpaired) electrons. The van der Waals surface area contributed by atoms with E-state index >= 15 is 0 Å². The van der Waals surface area contributed by atoms with Gasteiger partial charge < -0.3 is 4.74 Å². The molecule has 280 valence electrons. The van der Waals surface area contributed by atoms with Crippen LogP contribution < -0.4 is 0 Å². The van der Waals surface area contributed by atoms with Gasteiger partial charge in [-0.25, -0.2) is 0 Å². The van der Waals surface area contributed by atoms with Crippen molar-refractivity contribution in [1.82, 2.24) is 0 Å². The molecule has 5 saturated carbocycles. The first-order chi connectivity index (χ1) is 23.1. The Kier molecular flexibility index (Phi) is 12.3. The molecule has 0 amide bonds. The molecular weight excluding hydrogens is 601 g/mol. The van der Waals surface area contributed by atoms with Crippen molar-refractivity contribution in [2.45, 2.75) is 209 Å². The van der Waals surface area contributed by atoms with Crippen LogP contribution in [0.3, 0.4) is 0 Å². The number of hydrogen-bond donors (Lipinski definition) is 0. The van der Waals surface area contributed by atoms with Crippen LogP contribution in [0.1, 0.15) is 203 Å². The zero-order chi connectivity index (χ0) is 35.7. The molecule has 49 heavy (non-hydrogen) atoms. The number of esters is 1. The number of ether oxygens (including phenoxy) is 1. The van der Waals surface area contributed by atoms with Gasteiger partial charge in [-0.1, -0.05) is 125 Å². The molecule has 0 spiro atoms. The summed E-state index contributed by atoms with van der Waals surface area (Å²) in [6, 6.07) is 0. The fourth-order valence-electron chi connectivity index (χ4n) is 14.1. The first-order valence-corrected chi connectivity index (χ1v) is 21.5. The van der Waals surface area contributed by atoms with Crippen molar-refractivity contribution < 1.29 is 14.3 Å². The van der Waals surface area contributed by atoms with Gasteiger partial charge >= 0.3 is 5.97 Å². The number of carbonyl (C=O) groups excluding carboxylic acids is 2. The Morgan fingerprint density at radius 1 is 0.673 bits per heavy atom. The standard InChI is InChI=1S/C46H78O3/c1-10-11-12-13-14-15-16-17-18-19-20-21-34(47)32-40(48)49-39-26-28-44(7)37(42(39,4)5)25-29-46(9)38(44)23-22-36-41-35(33(2)3)24-27-43(41,6)30-31-45(36,46)8/h35-39,41H,2,10-32H2,1,3-9H3/t35-,36+,37-,38+,39-,41+,43+,44-,45+,46+/m0/s1. The molecule has 3 nitrogen and oxygen atoms in total. The van der Waals surface area contributed by atoms with E-state index in [4.69, 9.17) is 4.74 Å². The average Bonchev–Trinajstić information content (AvgIpc) is 3.39. The molecule has 0 bridgehead atoms. The van der Waals surface area contributed by atoms with E-state index in [2.05, 4.69) is 62.0 Å². The van der Waals surface area contributed by atoms with Crippen molar-refractivity contribution in [2.75, 3.05) is 0 Å². The fourth-order valence-corrected chi connectivity index (χ4v) is 14.1. The van der Waals surface area contributed by atoms with Crippen LogP contribution in [0.25, 0.3) is 0 Å². The van der Waals surface area contributed by atoms with E-state index in [1.807, 2.05) is 0 Å². The summed E-state index contributed by atoms with van der Waals surface area (Å²) < 4.78 is 6.27. The van der Waals surface area contributed by atoms with Gasteiger partial charge in [-0.05, 0) is 129 Å². The summed E-state index contributed by atoms with van der Waals surface area (Å²) in [6.45, 7) is 24.6. The topological polar surface area (TPSA) is 43.4 Å². The number of carbonyl (C=O) groups is 2. The number of rotatable bonds is 16. The number of allylic oxidation sites excluding steroid dienone is 1. The summed E-state index contributed by atoms with van der Waals surface area (Å²) in [7, 11) is 0. The van der Waals surface area contributed by atoms with Crippen molar-refractivity contribution in [3.05, 3.63) is 12.2 Å². The first-order valence-electron chi connectivity index (χ1n) is 21.5. The lowest BCUT2D eigenvalue weighted by Crippen LogP contribution is -2.66. The summed E-state index contributed by atoms with van der Waals surface area (Å²) >= 11 is 0. The molecule has 0 saturated heterocycles. The van der Waals surface area contributed by atoms with Gasteiger partial charge in [0.1, 0.15) is 18.3 Å². The molecule has 0 heterocycles. The predicted molar refractivity (Wildman–Crippen MR) is 205 cm³/mol. The maximum absolute atomic E-state index is 13.2. The lowest BCUT2D eigenvalue weighted by molar-refractivity contribution is -0.249. The number of unbranched alkanes of at least 4 members (excludes halogenated alkanes) is 10. The predicted octanol–water partition coefficient (Wildman–Crippen LogP) is 13.2. The minimum absolute atomic E-state index is 0.0437. The van der Waals surface area contributed by atoms with Gasteiger partial charge in [0.15, 0.2) is 0 Å². The molecule has 10 atom stereocenters. The van der Waals surface area contributed by atoms with Crippen LogP contribution in [0, 0.1) is 56.7 Å². The summed E-state index contributed by atoms with van der Waals surface area (Å²) in [5, 5.41) is 0. The first kappa shape index (κ1) is 39.1. The van der Waals surface area contributed by atoms with Gasteiger partial charge in [0.2, 0.25) is 0 Å². The summed E-state index contributed by atoms with van der Waals surface area (Å²) in [5.74, 6) is 3.37. The monoisotopic (exact) mass is 679 g/mol. The van der Waals surface area contributed by atoms with Crippen LogP contribution in [0.15, 0.2) is 12.2 Å². The molecule has 5 fully saturated rings. The number of Topliss-reactive ketones (excluding diaryl/α,β-unsaturated/α-hetero) is 1. The third kappa shape index (κ3) is 7.41. The molecule has 0 aliphatic heterocycles. The number of fused-ring (bicyclic) bond motifs is 7. The quantitative estimate of drug-likeness (QED) is 0.0706. The maximum atomic E-state index is 13.2. The van der Waals surface area contributed by atoms with Crippen molar-refractivity contribution in [2.24, 2.45) is 56.7 Å². The zero-order valence-electron chi connectivity index (χ0n) is 33.7. The molecule has 5 aliphatic carbocycles. The van der Waals surface area contributed by atoms with Gasteiger partial charge in [0.05, 0.1) is 0 Å². The molecule has 0 aromatic heterocycles. The lowest BCUT2D eigenvalue weighted by Gasteiger charge is -2.73. The van der Waals surface area contributed by atoms with E-state index in [-0.39, 0.29) is 35.1 Å². The third-order valence-electron chi connectivity index (χ3n) is 17.1. The Balaban J connectivity index is 1.13. The molecule has 0 N–H and O–H groups in total. The SMILES string of the molecule is C=C(C)[C@@H]1CC[C@]2(C)CC[C@]3(C)[C@H](CC[C@@H]4[C@@]5(C)CC[C@H](OC(=O)CC(=O)CCCCCCCCCCCCC)C(C)(C)[C@@H]5CC[C@]43C)[C@@H]12. The summed E-state index contributed by atoms with van der Waals surface area (Å²) in [5.41, 5.74) is 2.85. The average molecular weight is 679 g/mol. The van der Waals surface area contributed by atoms with E-state index in [1.54, 1.807) is 0 Å². The second kappa shape index (κ2) is 15.5. The Hall–Kier alpha value is -1.12. The van der Waals surface area contributed by atoms with Gasteiger partial charge in [-0.15, -0.1) is 0 Å². The molecular formula is C46H78O3. The van der Waals surface area contributed by atoms with Crippen molar-refractivity contribution in [3.63, 3.8) is 0 Å². The van der Waals surface area contributed by atoms with E-state index in [1.165, 1.54) is 115 Å².